The molecule has 1 aromatic heterocycles. The summed E-state index contributed by atoms with van der Waals surface area (Å²) in [5, 5.41) is 3.92. The standard InChI is InChI=1S/C15H18ClN3/c1-15(2,9-8-12-6-4-3-5-7-12)19-14-13(16)10-17-11-18-14/h3-7,10-11H,8-9H2,1-2H3,(H,17,18,19). The molecule has 0 spiro atoms. The summed E-state index contributed by atoms with van der Waals surface area (Å²) in [5.74, 6) is 0.690. The summed E-state index contributed by atoms with van der Waals surface area (Å²) in [6, 6.07) is 10.5. The van der Waals surface area contributed by atoms with Crippen LogP contribution >= 0.6 is 11.6 Å². The van der Waals surface area contributed by atoms with E-state index in [1.165, 1.54) is 11.9 Å². The van der Waals surface area contributed by atoms with Crippen LogP contribution in [0.25, 0.3) is 0 Å². The van der Waals surface area contributed by atoms with Gasteiger partial charge >= 0.3 is 0 Å². The first-order chi connectivity index (χ1) is 9.07. The maximum absolute atomic E-state index is 6.06. The van der Waals surface area contributed by atoms with Gasteiger partial charge < -0.3 is 5.32 Å². The number of benzene rings is 1. The fourth-order valence-electron chi connectivity index (χ4n) is 1.89. The Morgan fingerprint density at radius 2 is 1.95 bits per heavy atom. The molecule has 1 aromatic carbocycles. The van der Waals surface area contributed by atoms with Crippen molar-refractivity contribution in [3.05, 3.63) is 53.4 Å². The molecular weight excluding hydrogens is 258 g/mol. The first-order valence-electron chi connectivity index (χ1n) is 6.34. The van der Waals surface area contributed by atoms with E-state index in [0.29, 0.717) is 10.8 Å². The summed E-state index contributed by atoms with van der Waals surface area (Å²) < 4.78 is 0. The second-order valence-corrected chi connectivity index (χ2v) is 5.62. The fraction of sp³-hybridized carbons (Fsp3) is 0.333. The molecule has 0 saturated heterocycles. The van der Waals surface area contributed by atoms with Gasteiger partial charge in [0, 0.05) is 5.54 Å². The summed E-state index contributed by atoms with van der Waals surface area (Å²) in [7, 11) is 0. The van der Waals surface area contributed by atoms with Crippen molar-refractivity contribution in [2.24, 2.45) is 0 Å². The van der Waals surface area contributed by atoms with Crippen LogP contribution in [0.2, 0.25) is 5.02 Å². The lowest BCUT2D eigenvalue weighted by molar-refractivity contribution is 0.516. The smallest absolute Gasteiger partial charge is 0.148 e. The minimum Gasteiger partial charge on any atom is -0.364 e. The maximum atomic E-state index is 6.06. The predicted molar refractivity (Wildman–Crippen MR) is 79.5 cm³/mol. The Morgan fingerprint density at radius 1 is 1.21 bits per heavy atom. The predicted octanol–water partition coefficient (Wildman–Crippen LogP) is 3.95. The van der Waals surface area contributed by atoms with Gasteiger partial charge in [-0.05, 0) is 32.3 Å². The molecule has 0 amide bonds. The minimum atomic E-state index is -0.0756. The Hall–Kier alpha value is -1.61. The average molecular weight is 276 g/mol. The maximum Gasteiger partial charge on any atom is 0.148 e. The molecule has 2 rings (SSSR count). The second-order valence-electron chi connectivity index (χ2n) is 5.21. The lowest BCUT2D eigenvalue weighted by atomic mass is 9.95. The molecule has 0 unspecified atom stereocenters. The van der Waals surface area contributed by atoms with Gasteiger partial charge in [0.2, 0.25) is 0 Å². The molecule has 0 saturated carbocycles. The van der Waals surface area contributed by atoms with Crippen LogP contribution in [-0.4, -0.2) is 15.5 Å². The topological polar surface area (TPSA) is 37.8 Å². The van der Waals surface area contributed by atoms with E-state index in [1.54, 1.807) is 6.20 Å². The summed E-state index contributed by atoms with van der Waals surface area (Å²) in [6.45, 7) is 4.29. The van der Waals surface area contributed by atoms with Crippen LogP contribution in [0.3, 0.4) is 0 Å². The van der Waals surface area contributed by atoms with E-state index in [4.69, 9.17) is 11.6 Å². The van der Waals surface area contributed by atoms with Gasteiger partial charge in [-0.25, -0.2) is 9.97 Å². The van der Waals surface area contributed by atoms with Crippen LogP contribution in [0.15, 0.2) is 42.9 Å². The van der Waals surface area contributed by atoms with Crippen molar-refractivity contribution < 1.29 is 0 Å². The Bertz CT molecular complexity index is 526. The van der Waals surface area contributed by atoms with Gasteiger partial charge in [-0.2, -0.15) is 0 Å². The van der Waals surface area contributed by atoms with E-state index in [9.17, 15) is 0 Å². The number of aryl methyl sites for hydroxylation is 1. The van der Waals surface area contributed by atoms with Crippen LogP contribution < -0.4 is 5.32 Å². The summed E-state index contributed by atoms with van der Waals surface area (Å²) in [6.07, 6.45) is 5.12. The summed E-state index contributed by atoms with van der Waals surface area (Å²) in [4.78, 5) is 8.05. The van der Waals surface area contributed by atoms with Crippen molar-refractivity contribution in [3.8, 4) is 0 Å². The van der Waals surface area contributed by atoms with E-state index in [1.807, 2.05) is 6.07 Å². The van der Waals surface area contributed by atoms with Gasteiger partial charge in [-0.1, -0.05) is 41.9 Å². The van der Waals surface area contributed by atoms with Crippen LogP contribution in [0.4, 0.5) is 5.82 Å². The molecular formula is C15H18ClN3. The highest BCUT2D eigenvalue weighted by molar-refractivity contribution is 6.32. The Kier molecular flexibility index (Phi) is 4.38. The lowest BCUT2D eigenvalue weighted by Crippen LogP contribution is -2.32. The molecule has 4 heteroatoms. The number of hydrogen-bond donors (Lipinski definition) is 1. The Balaban J connectivity index is 1.97. The molecule has 2 aromatic rings. The highest BCUT2D eigenvalue weighted by Crippen LogP contribution is 2.23. The quantitative estimate of drug-likeness (QED) is 0.898. The van der Waals surface area contributed by atoms with Gasteiger partial charge in [0.15, 0.2) is 0 Å². The third-order valence-corrected chi connectivity index (χ3v) is 3.28. The van der Waals surface area contributed by atoms with Crippen molar-refractivity contribution in [3.63, 3.8) is 0 Å². The number of halogens is 1. The molecule has 1 N–H and O–H groups in total. The lowest BCUT2D eigenvalue weighted by Gasteiger charge is -2.27. The minimum absolute atomic E-state index is 0.0756. The SMILES string of the molecule is CC(C)(CCc1ccccc1)Nc1ncncc1Cl. The fourth-order valence-corrected chi connectivity index (χ4v) is 2.04. The van der Waals surface area contributed by atoms with Crippen molar-refractivity contribution in [2.75, 3.05) is 5.32 Å². The van der Waals surface area contributed by atoms with Gasteiger partial charge in [-0.15, -0.1) is 0 Å². The van der Waals surface area contributed by atoms with Gasteiger partial charge in [0.1, 0.15) is 17.2 Å². The third kappa shape index (κ3) is 4.21. The molecule has 0 atom stereocenters. The number of rotatable bonds is 5. The van der Waals surface area contributed by atoms with Gasteiger partial charge in [0.25, 0.3) is 0 Å². The summed E-state index contributed by atoms with van der Waals surface area (Å²) in [5.41, 5.74) is 1.26. The Morgan fingerprint density at radius 3 is 2.63 bits per heavy atom. The molecule has 1 heterocycles. The second kappa shape index (κ2) is 6.02. The molecule has 3 nitrogen and oxygen atoms in total. The van der Waals surface area contributed by atoms with E-state index in [0.717, 1.165) is 12.8 Å². The number of hydrogen-bond acceptors (Lipinski definition) is 3. The largest absolute Gasteiger partial charge is 0.364 e. The number of aromatic nitrogens is 2. The highest BCUT2D eigenvalue weighted by atomic mass is 35.5. The van der Waals surface area contributed by atoms with Gasteiger partial charge in [0.05, 0.1) is 6.20 Å². The van der Waals surface area contributed by atoms with E-state index in [-0.39, 0.29) is 5.54 Å². The number of anilines is 1. The number of nitrogens with one attached hydrogen (secondary N) is 1. The van der Waals surface area contributed by atoms with Crippen molar-refractivity contribution in [2.45, 2.75) is 32.2 Å². The van der Waals surface area contributed by atoms with Crippen molar-refractivity contribution in [1.82, 2.24) is 9.97 Å². The molecule has 0 fully saturated rings. The molecule has 100 valence electrons. The molecule has 19 heavy (non-hydrogen) atoms. The molecule has 0 radical (unpaired) electrons. The monoisotopic (exact) mass is 275 g/mol. The van der Waals surface area contributed by atoms with Crippen LogP contribution in [0.1, 0.15) is 25.8 Å². The van der Waals surface area contributed by atoms with Crippen LogP contribution in [0.5, 0.6) is 0 Å². The normalized spacial score (nSPS) is 11.3. The number of nitrogens with zero attached hydrogens (tertiary/aromatic N) is 2. The Labute approximate surface area is 119 Å². The highest BCUT2D eigenvalue weighted by Gasteiger charge is 2.19. The zero-order chi connectivity index (χ0) is 13.7. The van der Waals surface area contributed by atoms with E-state index < -0.39 is 0 Å². The molecule has 0 aliphatic heterocycles. The molecule has 0 aliphatic rings. The van der Waals surface area contributed by atoms with Gasteiger partial charge in [-0.3, -0.25) is 0 Å². The zero-order valence-electron chi connectivity index (χ0n) is 11.2. The van der Waals surface area contributed by atoms with E-state index in [2.05, 4.69) is 53.4 Å². The van der Waals surface area contributed by atoms with Crippen molar-refractivity contribution >= 4 is 17.4 Å². The molecule has 0 aliphatic carbocycles. The first kappa shape index (κ1) is 13.8. The third-order valence-electron chi connectivity index (χ3n) is 3.01. The van der Waals surface area contributed by atoms with Crippen LogP contribution in [0, 0.1) is 0 Å². The van der Waals surface area contributed by atoms with E-state index >= 15 is 0 Å². The molecule has 0 bridgehead atoms. The first-order valence-corrected chi connectivity index (χ1v) is 6.72. The van der Waals surface area contributed by atoms with Crippen LogP contribution in [-0.2, 0) is 6.42 Å². The zero-order valence-corrected chi connectivity index (χ0v) is 12.0. The average Bonchev–Trinajstić information content (AvgIpc) is 2.40. The summed E-state index contributed by atoms with van der Waals surface area (Å²) >= 11 is 6.06. The van der Waals surface area contributed by atoms with Crippen molar-refractivity contribution in [1.29, 1.82) is 0 Å².